The molecule has 1 unspecified atom stereocenters. The summed E-state index contributed by atoms with van der Waals surface area (Å²) in [7, 11) is 0. The summed E-state index contributed by atoms with van der Waals surface area (Å²) >= 11 is 0. The van der Waals surface area contributed by atoms with Crippen LogP contribution in [-0.2, 0) is 24.2 Å². The van der Waals surface area contributed by atoms with Gasteiger partial charge in [-0.2, -0.15) is 0 Å². The second-order valence-electron chi connectivity index (χ2n) is 5.26. The number of nitrogens with one attached hydrogen (secondary N) is 1. The molecule has 0 radical (unpaired) electrons. The molecular formula is C15H26N4O. The lowest BCUT2D eigenvalue weighted by molar-refractivity contribution is -0.134. The normalized spacial score (nSPS) is 15.8. The highest BCUT2D eigenvalue weighted by molar-refractivity contribution is 5.80. The van der Waals surface area contributed by atoms with Crippen molar-refractivity contribution in [1.82, 2.24) is 19.8 Å². The predicted octanol–water partition coefficient (Wildman–Crippen LogP) is 1.52. The van der Waals surface area contributed by atoms with Gasteiger partial charge in [-0.05, 0) is 20.8 Å². The summed E-state index contributed by atoms with van der Waals surface area (Å²) in [5.41, 5.74) is 2.36. The van der Waals surface area contributed by atoms with E-state index in [1.54, 1.807) is 0 Å². The van der Waals surface area contributed by atoms with E-state index in [1.165, 1.54) is 5.69 Å². The molecule has 0 saturated carbocycles. The first kappa shape index (κ1) is 15.0. The summed E-state index contributed by atoms with van der Waals surface area (Å²) < 4.78 is 2.18. The molecule has 0 saturated heterocycles. The number of aryl methyl sites for hydroxylation is 1. The van der Waals surface area contributed by atoms with Gasteiger partial charge in [-0.15, -0.1) is 0 Å². The molecular weight excluding hydrogens is 252 g/mol. The number of aromatic nitrogens is 2. The van der Waals surface area contributed by atoms with Crippen molar-refractivity contribution < 1.29 is 4.79 Å². The Hall–Kier alpha value is -1.36. The maximum Gasteiger partial charge on any atom is 0.245 e. The second-order valence-corrected chi connectivity index (χ2v) is 5.26. The third kappa shape index (κ3) is 2.59. The molecule has 1 amide bonds. The van der Waals surface area contributed by atoms with Gasteiger partial charge in [0, 0.05) is 44.7 Å². The maximum atomic E-state index is 12.6. The van der Waals surface area contributed by atoms with Gasteiger partial charge in [0.25, 0.3) is 0 Å². The predicted molar refractivity (Wildman–Crippen MR) is 79.7 cm³/mol. The SMILES string of the molecule is CCc1nc2c(n1C(C)C(=O)N(CC)CC)CCNC2. The molecule has 0 spiro atoms. The number of rotatable bonds is 5. The minimum atomic E-state index is -0.154. The fraction of sp³-hybridized carbons (Fsp3) is 0.733. The van der Waals surface area contributed by atoms with Gasteiger partial charge in [-0.1, -0.05) is 6.92 Å². The zero-order chi connectivity index (χ0) is 14.7. The zero-order valence-corrected chi connectivity index (χ0v) is 13.1. The number of imidazole rings is 1. The summed E-state index contributed by atoms with van der Waals surface area (Å²) in [6, 6.07) is -0.154. The summed E-state index contributed by atoms with van der Waals surface area (Å²) in [4.78, 5) is 19.2. The maximum absolute atomic E-state index is 12.6. The second kappa shape index (κ2) is 6.39. The Morgan fingerprint density at radius 2 is 2.10 bits per heavy atom. The fourth-order valence-corrected chi connectivity index (χ4v) is 3.01. The number of amides is 1. The van der Waals surface area contributed by atoms with Crippen LogP contribution in [-0.4, -0.2) is 40.0 Å². The smallest absolute Gasteiger partial charge is 0.245 e. The van der Waals surface area contributed by atoms with Crippen LogP contribution in [0.1, 0.15) is 50.9 Å². The number of carbonyl (C=O) groups is 1. The van der Waals surface area contributed by atoms with E-state index in [0.29, 0.717) is 0 Å². The number of carbonyl (C=O) groups excluding carboxylic acids is 1. The Morgan fingerprint density at radius 1 is 1.40 bits per heavy atom. The van der Waals surface area contributed by atoms with Crippen molar-refractivity contribution in [3.8, 4) is 0 Å². The van der Waals surface area contributed by atoms with Crippen LogP contribution in [0.25, 0.3) is 0 Å². The van der Waals surface area contributed by atoms with Crippen molar-refractivity contribution in [2.24, 2.45) is 0 Å². The molecule has 0 bridgehead atoms. The van der Waals surface area contributed by atoms with Gasteiger partial charge in [-0.25, -0.2) is 4.98 Å². The number of likely N-dealkylation sites (N-methyl/N-ethyl adjacent to an activating group) is 1. The molecule has 5 nitrogen and oxygen atoms in total. The molecule has 0 aromatic carbocycles. The number of hydrogen-bond donors (Lipinski definition) is 1. The Balaban J connectivity index is 2.35. The van der Waals surface area contributed by atoms with Crippen LogP contribution in [0.4, 0.5) is 0 Å². The fourth-order valence-electron chi connectivity index (χ4n) is 3.01. The highest BCUT2D eigenvalue weighted by Crippen LogP contribution is 2.23. The third-order valence-corrected chi connectivity index (χ3v) is 4.13. The summed E-state index contributed by atoms with van der Waals surface area (Å²) in [6.07, 6.45) is 1.82. The minimum Gasteiger partial charge on any atom is -0.341 e. The van der Waals surface area contributed by atoms with Crippen LogP contribution in [0.5, 0.6) is 0 Å². The van der Waals surface area contributed by atoms with Crippen molar-refractivity contribution >= 4 is 5.91 Å². The van der Waals surface area contributed by atoms with E-state index < -0.39 is 0 Å². The molecule has 2 heterocycles. The van der Waals surface area contributed by atoms with Crippen molar-refractivity contribution in [2.45, 2.75) is 53.1 Å². The zero-order valence-electron chi connectivity index (χ0n) is 13.1. The van der Waals surface area contributed by atoms with E-state index in [0.717, 1.165) is 50.5 Å². The van der Waals surface area contributed by atoms with Crippen LogP contribution < -0.4 is 5.32 Å². The highest BCUT2D eigenvalue weighted by Gasteiger charge is 2.27. The summed E-state index contributed by atoms with van der Waals surface area (Å²) in [5.74, 6) is 1.23. The molecule has 1 aromatic rings. The highest BCUT2D eigenvalue weighted by atomic mass is 16.2. The van der Waals surface area contributed by atoms with E-state index in [4.69, 9.17) is 4.98 Å². The van der Waals surface area contributed by atoms with Crippen LogP contribution in [0.15, 0.2) is 0 Å². The molecule has 1 aromatic heterocycles. The van der Waals surface area contributed by atoms with E-state index in [2.05, 4.69) is 16.8 Å². The van der Waals surface area contributed by atoms with E-state index >= 15 is 0 Å². The average molecular weight is 278 g/mol. The molecule has 0 aliphatic carbocycles. The van der Waals surface area contributed by atoms with Crippen molar-refractivity contribution in [3.63, 3.8) is 0 Å². The van der Waals surface area contributed by atoms with Crippen LogP contribution in [0, 0.1) is 0 Å². The standard InChI is InChI=1S/C15H26N4O/c1-5-14-17-12-10-16-9-8-13(12)19(14)11(4)15(20)18(6-2)7-3/h11,16H,5-10H2,1-4H3. The lowest BCUT2D eigenvalue weighted by atomic mass is 10.1. The summed E-state index contributed by atoms with van der Waals surface area (Å²) in [5, 5.41) is 3.35. The van der Waals surface area contributed by atoms with Gasteiger partial charge in [0.1, 0.15) is 11.9 Å². The molecule has 0 fully saturated rings. The van der Waals surface area contributed by atoms with E-state index in [-0.39, 0.29) is 11.9 Å². The Labute approximate surface area is 121 Å². The van der Waals surface area contributed by atoms with Gasteiger partial charge in [-0.3, -0.25) is 4.79 Å². The molecule has 2 rings (SSSR count). The first-order valence-electron chi connectivity index (χ1n) is 7.72. The number of hydrogen-bond acceptors (Lipinski definition) is 3. The molecule has 1 aliphatic heterocycles. The lowest BCUT2D eigenvalue weighted by Gasteiger charge is -2.26. The van der Waals surface area contributed by atoms with Gasteiger partial charge >= 0.3 is 0 Å². The van der Waals surface area contributed by atoms with Crippen LogP contribution in [0.3, 0.4) is 0 Å². The van der Waals surface area contributed by atoms with E-state index in [1.807, 2.05) is 25.7 Å². The quantitative estimate of drug-likeness (QED) is 0.888. The Kier molecular flexibility index (Phi) is 4.81. The average Bonchev–Trinajstić information content (AvgIpc) is 2.86. The van der Waals surface area contributed by atoms with Crippen molar-refractivity contribution in [3.05, 3.63) is 17.2 Å². The van der Waals surface area contributed by atoms with Crippen LogP contribution in [0.2, 0.25) is 0 Å². The van der Waals surface area contributed by atoms with E-state index in [9.17, 15) is 4.79 Å². The third-order valence-electron chi connectivity index (χ3n) is 4.13. The Bertz CT molecular complexity index is 476. The molecule has 20 heavy (non-hydrogen) atoms. The number of fused-ring (bicyclic) bond motifs is 1. The summed E-state index contributed by atoms with van der Waals surface area (Å²) in [6.45, 7) is 11.5. The van der Waals surface area contributed by atoms with Crippen molar-refractivity contribution in [1.29, 1.82) is 0 Å². The monoisotopic (exact) mass is 278 g/mol. The molecule has 5 heteroatoms. The largest absolute Gasteiger partial charge is 0.341 e. The molecule has 1 atom stereocenters. The number of nitrogens with zero attached hydrogens (tertiary/aromatic N) is 3. The van der Waals surface area contributed by atoms with Gasteiger partial charge < -0.3 is 14.8 Å². The molecule has 1 N–H and O–H groups in total. The van der Waals surface area contributed by atoms with Gasteiger partial charge in [0.15, 0.2) is 0 Å². The topological polar surface area (TPSA) is 50.2 Å². The molecule has 112 valence electrons. The van der Waals surface area contributed by atoms with Crippen molar-refractivity contribution in [2.75, 3.05) is 19.6 Å². The van der Waals surface area contributed by atoms with Gasteiger partial charge in [0.05, 0.1) is 5.69 Å². The van der Waals surface area contributed by atoms with Gasteiger partial charge in [0.2, 0.25) is 5.91 Å². The molecule has 1 aliphatic rings. The lowest BCUT2D eigenvalue weighted by Crippen LogP contribution is -2.37. The first-order valence-corrected chi connectivity index (χ1v) is 7.72. The minimum absolute atomic E-state index is 0.154. The first-order chi connectivity index (χ1) is 9.63. The van der Waals surface area contributed by atoms with Crippen LogP contribution >= 0.6 is 0 Å². The Morgan fingerprint density at radius 3 is 2.70 bits per heavy atom.